The van der Waals surface area contributed by atoms with Crippen LogP contribution in [0, 0.1) is 0 Å². The second kappa shape index (κ2) is 12.0. The summed E-state index contributed by atoms with van der Waals surface area (Å²) in [6.07, 6.45) is 4.49. The summed E-state index contributed by atoms with van der Waals surface area (Å²) in [6.45, 7) is 24.3. The number of benzene rings is 1. The second-order valence-corrected chi connectivity index (χ2v) is 23.6. The fraction of sp³-hybridized carbons (Fsp3) is 0.621. The zero-order chi connectivity index (χ0) is 26.5. The molecule has 1 heterocycles. The molecule has 0 spiro atoms. The lowest BCUT2D eigenvalue weighted by Crippen LogP contribution is -2.41. The van der Waals surface area contributed by atoms with E-state index in [-0.39, 0.29) is 10.1 Å². The first-order valence-corrected chi connectivity index (χ1v) is 19.6. The Balaban J connectivity index is 2.19. The van der Waals surface area contributed by atoms with Gasteiger partial charge in [-0.25, -0.2) is 0 Å². The van der Waals surface area contributed by atoms with Crippen LogP contribution in [0.2, 0.25) is 36.3 Å². The van der Waals surface area contributed by atoms with Gasteiger partial charge in [-0.15, -0.1) is 11.3 Å². The van der Waals surface area contributed by atoms with Gasteiger partial charge in [-0.1, -0.05) is 59.7 Å². The first-order valence-electron chi connectivity index (χ1n) is 13.0. The maximum Gasteiger partial charge on any atom is 0.192 e. The Hall–Kier alpha value is -1.06. The van der Waals surface area contributed by atoms with Gasteiger partial charge in [0.2, 0.25) is 0 Å². The Bertz CT molecular complexity index is 965. The van der Waals surface area contributed by atoms with Gasteiger partial charge in [0, 0.05) is 16.2 Å². The van der Waals surface area contributed by atoms with Gasteiger partial charge in [-0.3, -0.25) is 0 Å². The molecule has 2 aromatic rings. The Morgan fingerprint density at radius 2 is 1.26 bits per heavy atom. The third kappa shape index (κ3) is 8.78. The van der Waals surface area contributed by atoms with E-state index < -0.39 is 16.6 Å². The van der Waals surface area contributed by atoms with Gasteiger partial charge in [-0.2, -0.15) is 0 Å². The van der Waals surface area contributed by atoms with E-state index in [1.807, 2.05) is 11.3 Å². The molecule has 0 aliphatic carbocycles. The van der Waals surface area contributed by atoms with Crippen LogP contribution in [-0.4, -0.2) is 22.9 Å². The van der Waals surface area contributed by atoms with Crippen LogP contribution in [0.25, 0.3) is 0 Å². The molecular weight excluding hydrogens is 485 g/mol. The first-order chi connectivity index (χ1) is 16.1. The van der Waals surface area contributed by atoms with Crippen LogP contribution in [-0.2, 0) is 46.1 Å². The molecule has 0 radical (unpaired) electrons. The molecule has 0 aliphatic heterocycles. The van der Waals surface area contributed by atoms with E-state index in [1.54, 1.807) is 0 Å². The number of aldehydes is 1. The molecule has 0 unspecified atom stereocenters. The molecule has 3 nitrogen and oxygen atoms in total. The van der Waals surface area contributed by atoms with Gasteiger partial charge in [0.1, 0.15) is 6.29 Å². The Labute approximate surface area is 220 Å². The normalized spacial score (nSPS) is 13.3. The largest absolute Gasteiger partial charge is 0.413 e. The second-order valence-electron chi connectivity index (χ2n) is 12.8. The van der Waals surface area contributed by atoms with Gasteiger partial charge >= 0.3 is 0 Å². The van der Waals surface area contributed by atoms with Crippen molar-refractivity contribution >= 4 is 34.3 Å². The molecule has 0 atom stereocenters. The molecular formula is C29H48O3SSi2. The molecule has 2 rings (SSSR count). The topological polar surface area (TPSA) is 35.5 Å². The van der Waals surface area contributed by atoms with Crippen molar-refractivity contribution in [3.05, 3.63) is 56.8 Å². The highest BCUT2D eigenvalue weighted by molar-refractivity contribution is 7.12. The molecule has 0 N–H and O–H groups in total. The highest BCUT2D eigenvalue weighted by Gasteiger charge is 2.38. The van der Waals surface area contributed by atoms with Crippen LogP contribution in [0.3, 0.4) is 0 Å². The number of rotatable bonds is 12. The van der Waals surface area contributed by atoms with Crippen LogP contribution < -0.4 is 0 Å². The molecule has 1 aromatic heterocycles. The maximum atomic E-state index is 10.7. The number of aryl methyl sites for hydroxylation is 3. The van der Waals surface area contributed by atoms with Crippen LogP contribution in [0.4, 0.5) is 0 Å². The summed E-state index contributed by atoms with van der Waals surface area (Å²) in [5, 5.41) is 0.374. The molecule has 1 aromatic carbocycles. The Kier molecular flexibility index (Phi) is 10.3. The highest BCUT2D eigenvalue weighted by atomic mass is 32.1. The van der Waals surface area contributed by atoms with Crippen molar-refractivity contribution in [2.24, 2.45) is 0 Å². The minimum absolute atomic E-state index is 0.184. The summed E-state index contributed by atoms with van der Waals surface area (Å²) >= 11 is 1.84. The van der Waals surface area contributed by atoms with Crippen LogP contribution in [0.15, 0.2) is 30.3 Å². The summed E-state index contributed by atoms with van der Waals surface area (Å²) in [5.74, 6) is 0. The van der Waals surface area contributed by atoms with Crippen LogP contribution in [0.5, 0.6) is 0 Å². The molecule has 0 saturated heterocycles. The van der Waals surface area contributed by atoms with Crippen LogP contribution in [0.1, 0.15) is 74.4 Å². The molecule has 0 bridgehead atoms. The number of carbonyl (C=O) groups is 1. The van der Waals surface area contributed by atoms with Crippen molar-refractivity contribution in [3.8, 4) is 0 Å². The monoisotopic (exact) mass is 532 g/mol. The average Bonchev–Trinajstić information content (AvgIpc) is 3.20. The van der Waals surface area contributed by atoms with Crippen molar-refractivity contribution in [1.29, 1.82) is 0 Å². The van der Waals surface area contributed by atoms with Gasteiger partial charge < -0.3 is 13.6 Å². The lowest BCUT2D eigenvalue weighted by molar-refractivity contribution is -0.107. The van der Waals surface area contributed by atoms with Crippen molar-refractivity contribution < 1.29 is 13.6 Å². The fourth-order valence-corrected chi connectivity index (χ4v) is 6.15. The maximum absolute atomic E-state index is 10.7. The summed E-state index contributed by atoms with van der Waals surface area (Å²) < 4.78 is 13.2. The van der Waals surface area contributed by atoms with Crippen molar-refractivity contribution in [1.82, 2.24) is 0 Å². The summed E-state index contributed by atoms with van der Waals surface area (Å²) in [7, 11) is -3.69. The molecule has 6 heteroatoms. The van der Waals surface area contributed by atoms with E-state index in [0.29, 0.717) is 19.6 Å². The zero-order valence-corrected chi connectivity index (χ0v) is 26.7. The van der Waals surface area contributed by atoms with Gasteiger partial charge in [0.15, 0.2) is 16.6 Å². The predicted octanol–water partition coefficient (Wildman–Crippen LogP) is 8.71. The van der Waals surface area contributed by atoms with Crippen LogP contribution >= 0.6 is 11.3 Å². The molecule has 196 valence electrons. The van der Waals surface area contributed by atoms with Gasteiger partial charge in [0.25, 0.3) is 0 Å². The predicted molar refractivity (Wildman–Crippen MR) is 157 cm³/mol. The smallest absolute Gasteiger partial charge is 0.192 e. The first kappa shape index (κ1) is 30.2. The summed E-state index contributed by atoms with van der Waals surface area (Å²) in [5.41, 5.74) is 3.87. The quantitative estimate of drug-likeness (QED) is 0.202. The van der Waals surface area contributed by atoms with Crippen molar-refractivity contribution in [2.75, 3.05) is 0 Å². The van der Waals surface area contributed by atoms with E-state index >= 15 is 0 Å². The van der Waals surface area contributed by atoms with E-state index in [9.17, 15) is 4.79 Å². The van der Waals surface area contributed by atoms with Crippen molar-refractivity contribution in [3.63, 3.8) is 0 Å². The fourth-order valence-electron chi connectivity index (χ4n) is 3.22. The molecule has 0 aliphatic rings. The molecule has 0 fully saturated rings. The lowest BCUT2D eigenvalue weighted by Gasteiger charge is -2.37. The van der Waals surface area contributed by atoms with Gasteiger partial charge in [0.05, 0.1) is 13.2 Å². The SMILES string of the molecule is CC(C)(C)[Si](C)(C)OCc1ccc(CCc2ccc(CCC=O)s2)cc1CO[Si](C)(C)C(C)(C)C. The van der Waals surface area contributed by atoms with E-state index in [2.05, 4.69) is 98.1 Å². The summed E-state index contributed by atoms with van der Waals surface area (Å²) in [6, 6.07) is 11.3. The highest BCUT2D eigenvalue weighted by Crippen LogP contribution is 2.39. The number of hydrogen-bond donors (Lipinski definition) is 0. The third-order valence-corrected chi connectivity index (χ3v) is 18.1. The molecule has 35 heavy (non-hydrogen) atoms. The minimum atomic E-state index is -1.85. The summed E-state index contributed by atoms with van der Waals surface area (Å²) in [4.78, 5) is 13.3. The standard InChI is InChI=1S/C29H48O3SSi2/c1-28(2,3)34(7,8)31-21-24-15-13-23(14-16-27-18-17-26(33-27)12-11-19-30)20-25(24)22-32-35(9,10)29(4,5)6/h13,15,17-20H,11-12,14,16,21-22H2,1-10H3. The van der Waals surface area contributed by atoms with Crippen molar-refractivity contribution in [2.45, 2.75) is 117 Å². The van der Waals surface area contributed by atoms with E-state index in [1.165, 1.54) is 26.4 Å². The average molecular weight is 533 g/mol. The lowest BCUT2D eigenvalue weighted by atomic mass is 10.0. The third-order valence-electron chi connectivity index (χ3n) is 7.95. The Morgan fingerprint density at radius 3 is 1.77 bits per heavy atom. The number of thiophene rings is 1. The van der Waals surface area contributed by atoms with E-state index in [0.717, 1.165) is 25.5 Å². The number of hydrogen-bond acceptors (Lipinski definition) is 4. The van der Waals surface area contributed by atoms with Gasteiger partial charge in [-0.05, 0) is 84.4 Å². The molecule has 0 saturated carbocycles. The Morgan fingerprint density at radius 1 is 0.743 bits per heavy atom. The minimum Gasteiger partial charge on any atom is -0.413 e. The molecule has 0 amide bonds. The number of carbonyl (C=O) groups excluding carboxylic acids is 1. The zero-order valence-electron chi connectivity index (χ0n) is 23.8. The van der Waals surface area contributed by atoms with E-state index in [4.69, 9.17) is 8.85 Å².